The summed E-state index contributed by atoms with van der Waals surface area (Å²) in [5.74, 6) is 0.450. The highest BCUT2D eigenvalue weighted by molar-refractivity contribution is 8.00. The van der Waals surface area contributed by atoms with Gasteiger partial charge in [-0.2, -0.15) is 0 Å². The number of fused-ring (bicyclic) bond motifs is 1. The molecule has 0 radical (unpaired) electrons. The molecule has 0 aliphatic carbocycles. The van der Waals surface area contributed by atoms with Gasteiger partial charge in [0.25, 0.3) is 5.22 Å². The van der Waals surface area contributed by atoms with Crippen LogP contribution in [0.2, 0.25) is 0 Å². The summed E-state index contributed by atoms with van der Waals surface area (Å²) in [6.45, 7) is 3.77. The lowest BCUT2D eigenvalue weighted by Crippen LogP contribution is -2.14. The average Bonchev–Trinajstić information content (AvgIpc) is 3.25. The number of rotatable bonds is 5. The second-order valence-corrected chi connectivity index (χ2v) is 7.20. The van der Waals surface area contributed by atoms with Gasteiger partial charge in [-0.25, -0.2) is 0 Å². The van der Waals surface area contributed by atoms with Gasteiger partial charge in [0.1, 0.15) is 0 Å². The molecule has 0 bridgehead atoms. The van der Waals surface area contributed by atoms with Crippen molar-refractivity contribution < 1.29 is 9.21 Å². The van der Waals surface area contributed by atoms with Crippen LogP contribution in [-0.4, -0.2) is 31.2 Å². The van der Waals surface area contributed by atoms with Gasteiger partial charge in [-0.05, 0) is 32.0 Å². The van der Waals surface area contributed by atoms with Crippen LogP contribution in [0.5, 0.6) is 0 Å². The van der Waals surface area contributed by atoms with Crippen molar-refractivity contribution >= 4 is 28.4 Å². The molecule has 3 heterocycles. The molecule has 4 aromatic rings. The van der Waals surface area contributed by atoms with E-state index in [4.69, 9.17) is 4.42 Å². The fraction of sp³-hybridized carbons (Fsp3) is 0.158. The molecule has 0 unspecified atom stereocenters. The third-order valence-corrected chi connectivity index (χ3v) is 5.05. The van der Waals surface area contributed by atoms with Crippen molar-refractivity contribution in [3.63, 3.8) is 0 Å². The number of carbonyl (C=O) groups excluding carboxylic acids is 1. The lowest BCUT2D eigenvalue weighted by molar-refractivity contribution is 0.0994. The highest BCUT2D eigenvalue weighted by atomic mass is 32.2. The molecule has 0 saturated heterocycles. The minimum absolute atomic E-state index is 0.0358. The molecule has 0 amide bonds. The van der Waals surface area contributed by atoms with Gasteiger partial charge in [0.2, 0.25) is 5.89 Å². The second-order valence-electron chi connectivity index (χ2n) is 5.90. The standard InChI is InChI=1S/C19H16N4O2S/c1-11-16(14-5-3-4-6-15(14)21-11)17(24)12(2)26-19-23-22-18(25-19)13-7-9-20-10-8-13/h3-10,12,21H,1-2H3/t12-/m1/s1. The number of hydrogen-bond acceptors (Lipinski definition) is 6. The highest BCUT2D eigenvalue weighted by Gasteiger charge is 2.24. The molecule has 7 heteroatoms. The van der Waals surface area contributed by atoms with Crippen LogP contribution in [0.4, 0.5) is 0 Å². The molecule has 26 heavy (non-hydrogen) atoms. The number of carbonyl (C=O) groups is 1. The molecule has 0 saturated carbocycles. The van der Waals surface area contributed by atoms with Crippen molar-refractivity contribution in [2.45, 2.75) is 24.3 Å². The topological polar surface area (TPSA) is 84.7 Å². The first-order valence-corrected chi connectivity index (χ1v) is 9.03. The van der Waals surface area contributed by atoms with E-state index in [1.807, 2.05) is 38.1 Å². The van der Waals surface area contributed by atoms with Crippen molar-refractivity contribution in [2.24, 2.45) is 0 Å². The maximum absolute atomic E-state index is 13.0. The van der Waals surface area contributed by atoms with Crippen LogP contribution in [0.15, 0.2) is 58.4 Å². The number of benzene rings is 1. The molecular weight excluding hydrogens is 348 g/mol. The van der Waals surface area contributed by atoms with E-state index in [9.17, 15) is 4.79 Å². The predicted molar refractivity (Wildman–Crippen MR) is 100 cm³/mol. The van der Waals surface area contributed by atoms with E-state index in [1.54, 1.807) is 24.5 Å². The molecule has 0 aliphatic heterocycles. The van der Waals surface area contributed by atoms with E-state index in [0.29, 0.717) is 11.1 Å². The number of nitrogens with one attached hydrogen (secondary N) is 1. The number of para-hydroxylation sites is 1. The number of pyridine rings is 1. The first kappa shape index (κ1) is 16.5. The molecule has 0 fully saturated rings. The Morgan fingerprint density at radius 2 is 1.92 bits per heavy atom. The zero-order chi connectivity index (χ0) is 18.1. The third-order valence-electron chi connectivity index (χ3n) is 4.12. The lowest BCUT2D eigenvalue weighted by Gasteiger charge is -2.07. The summed E-state index contributed by atoms with van der Waals surface area (Å²) in [4.78, 5) is 20.2. The van der Waals surface area contributed by atoms with Gasteiger partial charge in [-0.1, -0.05) is 30.0 Å². The largest absolute Gasteiger partial charge is 0.411 e. The predicted octanol–water partition coefficient (Wildman–Crippen LogP) is 4.28. The summed E-state index contributed by atoms with van der Waals surface area (Å²) in [5, 5.41) is 9.05. The first-order chi connectivity index (χ1) is 12.6. The fourth-order valence-electron chi connectivity index (χ4n) is 2.87. The number of Topliss-reactive ketones (excluding diaryl/α,β-unsaturated/α-hetero) is 1. The fourth-order valence-corrected chi connectivity index (χ4v) is 3.61. The maximum Gasteiger partial charge on any atom is 0.277 e. The molecule has 1 N–H and O–H groups in total. The first-order valence-electron chi connectivity index (χ1n) is 8.15. The van der Waals surface area contributed by atoms with Gasteiger partial charge >= 0.3 is 0 Å². The molecular formula is C19H16N4O2S. The second kappa shape index (κ2) is 6.76. The maximum atomic E-state index is 13.0. The molecule has 1 aromatic carbocycles. The van der Waals surface area contributed by atoms with Crippen LogP contribution in [0.1, 0.15) is 23.0 Å². The minimum atomic E-state index is -0.348. The van der Waals surface area contributed by atoms with E-state index in [-0.39, 0.29) is 11.0 Å². The summed E-state index contributed by atoms with van der Waals surface area (Å²) >= 11 is 1.26. The summed E-state index contributed by atoms with van der Waals surface area (Å²) in [5.41, 5.74) is 3.34. The SMILES string of the molecule is Cc1[nH]c2ccccc2c1C(=O)[C@@H](C)Sc1nnc(-c2ccncc2)o1. The Morgan fingerprint density at radius 1 is 1.15 bits per heavy atom. The molecule has 0 aliphatic rings. The van der Waals surface area contributed by atoms with Gasteiger partial charge < -0.3 is 9.40 Å². The van der Waals surface area contributed by atoms with Crippen LogP contribution in [0.3, 0.4) is 0 Å². The van der Waals surface area contributed by atoms with E-state index in [1.165, 1.54) is 11.8 Å². The number of H-pyrrole nitrogens is 1. The number of aryl methyl sites for hydroxylation is 1. The summed E-state index contributed by atoms with van der Waals surface area (Å²) in [6.07, 6.45) is 3.33. The Kier molecular flexibility index (Phi) is 4.30. The normalized spacial score (nSPS) is 12.4. The van der Waals surface area contributed by atoms with Crippen LogP contribution in [0, 0.1) is 6.92 Å². The lowest BCUT2D eigenvalue weighted by atomic mass is 10.1. The Morgan fingerprint density at radius 3 is 2.73 bits per heavy atom. The van der Waals surface area contributed by atoms with Gasteiger partial charge in [-0.15, -0.1) is 10.2 Å². The Balaban J connectivity index is 1.56. The number of aromatic nitrogens is 4. The summed E-state index contributed by atoms with van der Waals surface area (Å²) in [7, 11) is 0. The third kappa shape index (κ3) is 3.01. The van der Waals surface area contributed by atoms with Gasteiger partial charge in [0.05, 0.1) is 5.25 Å². The van der Waals surface area contributed by atoms with Gasteiger partial charge in [-0.3, -0.25) is 9.78 Å². The van der Waals surface area contributed by atoms with E-state index in [2.05, 4.69) is 20.2 Å². The van der Waals surface area contributed by atoms with Crippen LogP contribution < -0.4 is 0 Å². The minimum Gasteiger partial charge on any atom is -0.411 e. The van der Waals surface area contributed by atoms with Crippen LogP contribution in [-0.2, 0) is 0 Å². The molecule has 3 aromatic heterocycles. The highest BCUT2D eigenvalue weighted by Crippen LogP contribution is 2.30. The van der Waals surface area contributed by atoms with Gasteiger partial charge in [0.15, 0.2) is 5.78 Å². The Bertz CT molecular complexity index is 1070. The molecule has 0 spiro atoms. The van der Waals surface area contributed by atoms with Crippen LogP contribution >= 0.6 is 11.8 Å². The van der Waals surface area contributed by atoms with Crippen molar-refractivity contribution in [1.29, 1.82) is 0 Å². The smallest absolute Gasteiger partial charge is 0.277 e. The monoisotopic (exact) mass is 364 g/mol. The zero-order valence-electron chi connectivity index (χ0n) is 14.3. The zero-order valence-corrected chi connectivity index (χ0v) is 15.1. The number of thioether (sulfide) groups is 1. The van der Waals surface area contributed by atoms with Crippen LogP contribution in [0.25, 0.3) is 22.4 Å². The van der Waals surface area contributed by atoms with Crippen molar-refractivity contribution in [1.82, 2.24) is 20.2 Å². The summed E-state index contributed by atoms with van der Waals surface area (Å²) in [6, 6.07) is 11.4. The van der Waals surface area contributed by atoms with Crippen molar-refractivity contribution in [3.8, 4) is 11.5 Å². The molecule has 130 valence electrons. The molecule has 6 nitrogen and oxygen atoms in total. The number of aromatic amines is 1. The van der Waals surface area contributed by atoms with Gasteiger partial charge in [0, 0.05) is 40.1 Å². The number of ketones is 1. The summed E-state index contributed by atoms with van der Waals surface area (Å²) < 4.78 is 5.68. The number of hydrogen-bond donors (Lipinski definition) is 1. The Labute approximate surface area is 154 Å². The molecule has 4 rings (SSSR count). The average molecular weight is 364 g/mol. The quantitative estimate of drug-likeness (QED) is 0.420. The van der Waals surface area contributed by atoms with E-state index < -0.39 is 0 Å². The van der Waals surface area contributed by atoms with E-state index in [0.717, 1.165) is 27.7 Å². The van der Waals surface area contributed by atoms with Crippen molar-refractivity contribution in [2.75, 3.05) is 0 Å². The number of nitrogens with zero attached hydrogens (tertiary/aromatic N) is 3. The van der Waals surface area contributed by atoms with Crippen molar-refractivity contribution in [3.05, 3.63) is 60.0 Å². The Hall–Kier alpha value is -2.93. The van der Waals surface area contributed by atoms with E-state index >= 15 is 0 Å². The molecule has 1 atom stereocenters.